The molecule has 6 nitrogen and oxygen atoms in total. The molecule has 0 radical (unpaired) electrons. The van der Waals surface area contributed by atoms with Gasteiger partial charge in [-0.1, -0.05) is 11.6 Å². The molecule has 0 fully saturated rings. The highest BCUT2D eigenvalue weighted by atomic mass is 16.5. The molecule has 0 saturated heterocycles. The van der Waals surface area contributed by atoms with E-state index in [-0.39, 0.29) is 12.0 Å². The Hall–Kier alpha value is -1.85. The minimum atomic E-state index is 0.228. The number of aromatic nitrogens is 3. The largest absolute Gasteiger partial charge is 0.467 e. The molecule has 1 N–H and O–H groups in total. The molecule has 1 aromatic heterocycles. The Morgan fingerprint density at radius 3 is 2.12 bits per heavy atom. The molecule has 0 spiro atoms. The van der Waals surface area contributed by atoms with Gasteiger partial charge in [-0.3, -0.25) is 0 Å². The third kappa shape index (κ3) is 3.72. The Balaban J connectivity index is 2.75. The van der Waals surface area contributed by atoms with Gasteiger partial charge in [0.2, 0.25) is 5.95 Å². The van der Waals surface area contributed by atoms with Gasteiger partial charge in [-0.15, -0.1) is 4.98 Å². The van der Waals surface area contributed by atoms with Crippen molar-refractivity contribution in [2.75, 3.05) is 26.1 Å². The summed E-state index contributed by atoms with van der Waals surface area (Å²) in [4.78, 5) is 12.0. The van der Waals surface area contributed by atoms with Crippen LogP contribution in [0.5, 0.6) is 12.0 Å². The third-order valence-corrected chi connectivity index (χ3v) is 1.73. The first-order chi connectivity index (χ1) is 7.65. The van der Waals surface area contributed by atoms with Gasteiger partial charge in [0.1, 0.15) is 0 Å². The zero-order chi connectivity index (χ0) is 12.0. The molecular weight excluding hydrogens is 208 g/mol. The van der Waals surface area contributed by atoms with E-state index in [2.05, 4.69) is 20.3 Å². The number of nitrogens with zero attached hydrogens (tertiary/aromatic N) is 3. The van der Waals surface area contributed by atoms with Crippen molar-refractivity contribution in [1.82, 2.24) is 15.0 Å². The van der Waals surface area contributed by atoms with Crippen LogP contribution < -0.4 is 14.8 Å². The van der Waals surface area contributed by atoms with Crippen molar-refractivity contribution in [2.24, 2.45) is 0 Å². The minimum Gasteiger partial charge on any atom is -0.467 e. The van der Waals surface area contributed by atoms with E-state index < -0.39 is 0 Å². The molecule has 16 heavy (non-hydrogen) atoms. The molecule has 0 saturated carbocycles. The minimum absolute atomic E-state index is 0.228. The zero-order valence-electron chi connectivity index (χ0n) is 9.94. The van der Waals surface area contributed by atoms with Crippen LogP contribution >= 0.6 is 0 Å². The standard InChI is InChI=1S/C10H16N4O2/c1-7(2)5-6-11-8-12-9(15-3)14-10(13-8)16-4/h5H,6H2,1-4H3,(H,11,12,13,14). The second-order valence-corrected chi connectivity index (χ2v) is 3.29. The average Bonchev–Trinajstić information content (AvgIpc) is 2.28. The van der Waals surface area contributed by atoms with E-state index in [1.807, 2.05) is 19.9 Å². The van der Waals surface area contributed by atoms with Crippen LogP contribution in [-0.4, -0.2) is 35.7 Å². The lowest BCUT2D eigenvalue weighted by atomic mass is 10.3. The van der Waals surface area contributed by atoms with E-state index in [1.54, 1.807) is 0 Å². The maximum atomic E-state index is 4.93. The second-order valence-electron chi connectivity index (χ2n) is 3.29. The summed E-state index contributed by atoms with van der Waals surface area (Å²) >= 11 is 0. The summed E-state index contributed by atoms with van der Waals surface area (Å²) in [5, 5.41) is 3.03. The van der Waals surface area contributed by atoms with Crippen molar-refractivity contribution in [3.63, 3.8) is 0 Å². The summed E-state index contributed by atoms with van der Waals surface area (Å²) in [7, 11) is 2.99. The first-order valence-corrected chi connectivity index (χ1v) is 4.87. The molecule has 6 heteroatoms. The van der Waals surface area contributed by atoms with E-state index in [0.29, 0.717) is 12.5 Å². The van der Waals surface area contributed by atoms with Crippen LogP contribution in [0.4, 0.5) is 5.95 Å². The zero-order valence-corrected chi connectivity index (χ0v) is 9.94. The molecule has 0 amide bonds. The van der Waals surface area contributed by atoms with Crippen LogP contribution in [0.25, 0.3) is 0 Å². The lowest BCUT2D eigenvalue weighted by Gasteiger charge is -2.05. The predicted octanol–water partition coefficient (Wildman–Crippen LogP) is 1.27. The van der Waals surface area contributed by atoms with Gasteiger partial charge in [-0.25, -0.2) is 0 Å². The molecule has 1 heterocycles. The molecule has 0 aliphatic rings. The van der Waals surface area contributed by atoms with Crippen LogP contribution in [0.15, 0.2) is 11.6 Å². The maximum absolute atomic E-state index is 4.93. The highest BCUT2D eigenvalue weighted by molar-refractivity contribution is 5.28. The fraction of sp³-hybridized carbons (Fsp3) is 0.500. The SMILES string of the molecule is COc1nc(NCC=C(C)C)nc(OC)n1. The molecule has 0 aromatic carbocycles. The van der Waals surface area contributed by atoms with Gasteiger partial charge in [0.05, 0.1) is 14.2 Å². The van der Waals surface area contributed by atoms with Gasteiger partial charge in [0, 0.05) is 6.54 Å². The molecule has 1 rings (SSSR count). The van der Waals surface area contributed by atoms with Crippen molar-refractivity contribution in [1.29, 1.82) is 0 Å². The van der Waals surface area contributed by atoms with E-state index in [0.717, 1.165) is 0 Å². The summed E-state index contributed by atoms with van der Waals surface area (Å²) in [5.74, 6) is 0.432. The van der Waals surface area contributed by atoms with Crippen LogP contribution in [-0.2, 0) is 0 Å². The second kappa shape index (κ2) is 5.89. The number of nitrogens with one attached hydrogen (secondary N) is 1. The van der Waals surface area contributed by atoms with Crippen molar-refractivity contribution in [2.45, 2.75) is 13.8 Å². The molecule has 0 unspecified atom stereocenters. The highest BCUT2D eigenvalue weighted by Crippen LogP contribution is 2.11. The van der Waals surface area contributed by atoms with Gasteiger partial charge in [-0.05, 0) is 13.8 Å². The monoisotopic (exact) mass is 224 g/mol. The predicted molar refractivity (Wildman–Crippen MR) is 60.9 cm³/mol. The molecule has 0 aliphatic heterocycles. The lowest BCUT2D eigenvalue weighted by molar-refractivity contribution is 0.341. The van der Waals surface area contributed by atoms with Gasteiger partial charge in [-0.2, -0.15) is 9.97 Å². The van der Waals surface area contributed by atoms with E-state index in [9.17, 15) is 0 Å². The topological polar surface area (TPSA) is 69.2 Å². The smallest absolute Gasteiger partial charge is 0.324 e. The van der Waals surface area contributed by atoms with Crippen molar-refractivity contribution < 1.29 is 9.47 Å². The Kier molecular flexibility index (Phi) is 4.50. The maximum Gasteiger partial charge on any atom is 0.324 e. The Morgan fingerprint density at radius 2 is 1.69 bits per heavy atom. The number of ether oxygens (including phenoxy) is 2. The average molecular weight is 224 g/mol. The molecular formula is C10H16N4O2. The highest BCUT2D eigenvalue weighted by Gasteiger charge is 2.05. The van der Waals surface area contributed by atoms with Crippen LogP contribution in [0.1, 0.15) is 13.8 Å². The number of anilines is 1. The van der Waals surface area contributed by atoms with Gasteiger partial charge < -0.3 is 14.8 Å². The third-order valence-electron chi connectivity index (χ3n) is 1.73. The van der Waals surface area contributed by atoms with Crippen LogP contribution in [0.2, 0.25) is 0 Å². The molecule has 88 valence electrons. The molecule has 0 bridgehead atoms. The number of hydrogen-bond donors (Lipinski definition) is 1. The van der Waals surface area contributed by atoms with Crippen LogP contribution in [0, 0.1) is 0 Å². The molecule has 0 atom stereocenters. The van der Waals surface area contributed by atoms with E-state index >= 15 is 0 Å². The van der Waals surface area contributed by atoms with Crippen LogP contribution in [0.3, 0.4) is 0 Å². The summed E-state index contributed by atoms with van der Waals surface area (Å²) in [5.41, 5.74) is 1.22. The molecule has 1 aromatic rings. The Labute approximate surface area is 94.7 Å². The summed E-state index contributed by atoms with van der Waals surface area (Å²) in [6.07, 6.45) is 2.03. The fourth-order valence-electron chi connectivity index (χ4n) is 0.946. The van der Waals surface area contributed by atoms with Crippen molar-refractivity contribution in [3.05, 3.63) is 11.6 Å². The van der Waals surface area contributed by atoms with Crippen molar-refractivity contribution in [3.8, 4) is 12.0 Å². The van der Waals surface area contributed by atoms with Gasteiger partial charge >= 0.3 is 12.0 Å². The van der Waals surface area contributed by atoms with E-state index in [4.69, 9.17) is 9.47 Å². The van der Waals surface area contributed by atoms with Gasteiger partial charge in [0.15, 0.2) is 0 Å². The summed E-state index contributed by atoms with van der Waals surface area (Å²) < 4.78 is 9.85. The summed E-state index contributed by atoms with van der Waals surface area (Å²) in [6.45, 7) is 4.70. The fourth-order valence-corrected chi connectivity index (χ4v) is 0.946. The van der Waals surface area contributed by atoms with Gasteiger partial charge in [0.25, 0.3) is 0 Å². The normalized spacial score (nSPS) is 9.50. The quantitative estimate of drug-likeness (QED) is 0.759. The number of methoxy groups -OCH3 is 2. The number of rotatable bonds is 5. The first kappa shape index (κ1) is 12.2. The number of hydrogen-bond acceptors (Lipinski definition) is 6. The number of allylic oxidation sites excluding steroid dienone is 1. The van der Waals surface area contributed by atoms with Crippen molar-refractivity contribution >= 4 is 5.95 Å². The first-order valence-electron chi connectivity index (χ1n) is 4.87. The molecule has 0 aliphatic carbocycles. The lowest BCUT2D eigenvalue weighted by Crippen LogP contribution is -2.07. The van der Waals surface area contributed by atoms with E-state index in [1.165, 1.54) is 19.8 Å². The Bertz CT molecular complexity index is 353. The Morgan fingerprint density at radius 1 is 1.12 bits per heavy atom. The summed E-state index contributed by atoms with van der Waals surface area (Å²) in [6, 6.07) is 0.457.